The lowest BCUT2D eigenvalue weighted by atomic mass is 9.94. The Morgan fingerprint density at radius 2 is 0.913 bits per heavy atom. The van der Waals surface area contributed by atoms with E-state index in [1.54, 1.807) is 0 Å². The van der Waals surface area contributed by atoms with Gasteiger partial charge in [-0.1, -0.05) is 200 Å². The molecule has 1 aliphatic rings. The van der Waals surface area contributed by atoms with Gasteiger partial charge in [-0.3, -0.25) is 0 Å². The molecule has 2 aromatic heterocycles. The molecule has 0 atom stereocenters. The van der Waals surface area contributed by atoms with Crippen molar-refractivity contribution in [2.24, 2.45) is 0 Å². The summed E-state index contributed by atoms with van der Waals surface area (Å²) in [6, 6.07) is 87.8. The SMILES string of the molecule is C1=C(c2cccc3c2oc2ccccc23)C=C(N(c2ccc(-c3ccc(-c4ccccc4)cc3-n3c4ccccc4c4ccccc43)cc2)c2cccc(-c3ccc(-c4ccccc4)cc3)c2)CC1. The van der Waals surface area contributed by atoms with E-state index in [-0.39, 0.29) is 0 Å². The summed E-state index contributed by atoms with van der Waals surface area (Å²) in [5.41, 5.74) is 20.5. The first-order valence-electron chi connectivity index (χ1n) is 23.9. The van der Waals surface area contributed by atoms with Crippen LogP contribution in [0.3, 0.4) is 0 Å². The molecule has 2 heterocycles. The van der Waals surface area contributed by atoms with Crippen LogP contribution < -0.4 is 4.90 Å². The maximum absolute atomic E-state index is 6.59. The second kappa shape index (κ2) is 17.1. The summed E-state index contributed by atoms with van der Waals surface area (Å²) in [6.45, 7) is 0. The van der Waals surface area contributed by atoms with Crippen LogP contribution >= 0.6 is 0 Å². The second-order valence-corrected chi connectivity index (χ2v) is 18.0. The summed E-state index contributed by atoms with van der Waals surface area (Å²) >= 11 is 0. The van der Waals surface area contributed by atoms with E-state index in [0.29, 0.717) is 0 Å². The van der Waals surface area contributed by atoms with E-state index in [2.05, 4.69) is 258 Å². The van der Waals surface area contributed by atoms with Crippen molar-refractivity contribution in [1.82, 2.24) is 4.57 Å². The molecule has 1 aliphatic carbocycles. The number of fused-ring (bicyclic) bond motifs is 6. The molecule has 3 nitrogen and oxygen atoms in total. The van der Waals surface area contributed by atoms with Gasteiger partial charge in [0.1, 0.15) is 11.2 Å². The Morgan fingerprint density at radius 1 is 0.377 bits per heavy atom. The van der Waals surface area contributed by atoms with Gasteiger partial charge in [-0.15, -0.1) is 0 Å². The number of allylic oxidation sites excluding steroid dienone is 4. The zero-order valence-corrected chi connectivity index (χ0v) is 38.0. The van der Waals surface area contributed by atoms with Crippen LogP contribution in [0.5, 0.6) is 0 Å². The smallest absolute Gasteiger partial charge is 0.143 e. The fraction of sp³-hybridized carbons (Fsp3) is 0.0303. The molecular weight excluding hydrogens is 837 g/mol. The first-order chi connectivity index (χ1) is 34.2. The molecule has 10 aromatic carbocycles. The van der Waals surface area contributed by atoms with Crippen LogP contribution in [0.25, 0.3) is 99.5 Å². The van der Waals surface area contributed by atoms with Gasteiger partial charge in [-0.05, 0) is 112 Å². The van der Waals surface area contributed by atoms with Crippen molar-refractivity contribution in [2.45, 2.75) is 12.8 Å². The third-order valence-electron chi connectivity index (χ3n) is 13.9. The van der Waals surface area contributed by atoms with Crippen LogP contribution in [0, 0.1) is 0 Å². The van der Waals surface area contributed by atoms with Crippen LogP contribution in [0.4, 0.5) is 11.4 Å². The van der Waals surface area contributed by atoms with Crippen molar-refractivity contribution in [3.63, 3.8) is 0 Å². The number of hydrogen-bond acceptors (Lipinski definition) is 2. The lowest BCUT2D eigenvalue weighted by Gasteiger charge is -2.30. The maximum atomic E-state index is 6.59. The number of furan rings is 1. The van der Waals surface area contributed by atoms with Gasteiger partial charge in [0.25, 0.3) is 0 Å². The highest BCUT2D eigenvalue weighted by atomic mass is 16.3. The van der Waals surface area contributed by atoms with Crippen molar-refractivity contribution in [3.05, 3.63) is 266 Å². The first-order valence-corrected chi connectivity index (χ1v) is 23.9. The normalized spacial score (nSPS) is 12.7. The molecule has 326 valence electrons. The van der Waals surface area contributed by atoms with Gasteiger partial charge in [0.15, 0.2) is 0 Å². The topological polar surface area (TPSA) is 21.3 Å². The average molecular weight is 883 g/mol. The Labute approximate surface area is 401 Å². The van der Waals surface area contributed by atoms with Crippen molar-refractivity contribution in [2.75, 3.05) is 4.90 Å². The molecule has 12 aromatic rings. The third kappa shape index (κ3) is 7.24. The number of nitrogens with zero attached hydrogens (tertiary/aromatic N) is 2. The third-order valence-corrected chi connectivity index (χ3v) is 13.9. The molecule has 3 heteroatoms. The highest BCUT2D eigenvalue weighted by Gasteiger charge is 2.22. The molecule has 0 radical (unpaired) electrons. The molecule has 0 N–H and O–H groups in total. The van der Waals surface area contributed by atoms with Crippen LogP contribution in [0.15, 0.2) is 265 Å². The largest absolute Gasteiger partial charge is 0.455 e. The Bertz CT molecular complexity index is 3880. The van der Waals surface area contributed by atoms with Gasteiger partial charge < -0.3 is 13.9 Å². The van der Waals surface area contributed by atoms with Crippen molar-refractivity contribution < 1.29 is 4.42 Å². The molecule has 13 rings (SSSR count). The molecule has 0 saturated carbocycles. The van der Waals surface area contributed by atoms with Gasteiger partial charge in [0, 0.05) is 49.7 Å². The lowest BCUT2D eigenvalue weighted by molar-refractivity contribution is 0.667. The van der Waals surface area contributed by atoms with Crippen molar-refractivity contribution in [3.8, 4) is 50.2 Å². The van der Waals surface area contributed by atoms with Crippen LogP contribution in [-0.2, 0) is 0 Å². The van der Waals surface area contributed by atoms with E-state index >= 15 is 0 Å². The fourth-order valence-corrected chi connectivity index (χ4v) is 10.6. The minimum atomic E-state index is 0.885. The van der Waals surface area contributed by atoms with E-state index in [1.807, 2.05) is 6.07 Å². The highest BCUT2D eigenvalue weighted by Crippen LogP contribution is 2.43. The fourth-order valence-electron chi connectivity index (χ4n) is 10.6. The summed E-state index contributed by atoms with van der Waals surface area (Å²) < 4.78 is 9.04. The molecule has 0 aliphatic heterocycles. The molecule has 69 heavy (non-hydrogen) atoms. The van der Waals surface area contributed by atoms with Gasteiger partial charge in [0.2, 0.25) is 0 Å². The van der Waals surface area contributed by atoms with Gasteiger partial charge >= 0.3 is 0 Å². The van der Waals surface area contributed by atoms with E-state index in [9.17, 15) is 0 Å². The molecule has 0 spiro atoms. The zero-order chi connectivity index (χ0) is 45.7. The van der Waals surface area contributed by atoms with Crippen molar-refractivity contribution >= 4 is 60.7 Å². The number of hydrogen-bond donors (Lipinski definition) is 0. The number of para-hydroxylation sites is 4. The quantitative estimate of drug-likeness (QED) is 0.144. The molecule has 0 saturated heterocycles. The Morgan fingerprint density at radius 3 is 1.64 bits per heavy atom. The summed E-state index contributed by atoms with van der Waals surface area (Å²) in [4.78, 5) is 2.46. The summed E-state index contributed by atoms with van der Waals surface area (Å²) in [5, 5.41) is 4.77. The number of aromatic nitrogens is 1. The van der Waals surface area contributed by atoms with E-state index < -0.39 is 0 Å². The summed E-state index contributed by atoms with van der Waals surface area (Å²) in [7, 11) is 0. The number of rotatable bonds is 9. The lowest BCUT2D eigenvalue weighted by Crippen LogP contribution is -2.18. The Balaban J connectivity index is 0.945. The van der Waals surface area contributed by atoms with Crippen LogP contribution in [0.2, 0.25) is 0 Å². The molecule has 0 unspecified atom stereocenters. The standard InChI is InChI=1S/C66H46N2O/c1-3-16-45(17-4-1)47-32-34-48(35-33-47)50-20-13-22-54(42-50)67(55-23-14-21-52(43-55)57-27-15-28-61-60-26-9-12-31-65(60)69-66(57)61)53-39-36-49(37-40-53)56-41-38-51(46-18-5-2-6-19-46)44-64(56)68-62-29-10-7-24-58(62)59-25-8-11-30-63(59)68/h1-13,15-22,24-44H,14,23H2. The van der Waals surface area contributed by atoms with Crippen molar-refractivity contribution in [1.29, 1.82) is 0 Å². The highest BCUT2D eigenvalue weighted by molar-refractivity contribution is 6.10. The minimum Gasteiger partial charge on any atom is -0.455 e. The minimum absolute atomic E-state index is 0.885. The second-order valence-electron chi connectivity index (χ2n) is 18.0. The Hall–Kier alpha value is -8.92. The van der Waals surface area contributed by atoms with Crippen LogP contribution in [0.1, 0.15) is 18.4 Å². The summed E-state index contributed by atoms with van der Waals surface area (Å²) in [6.07, 6.45) is 6.54. The van der Waals surface area contributed by atoms with E-state index in [0.717, 1.165) is 63.0 Å². The molecule has 0 fully saturated rings. The van der Waals surface area contributed by atoms with Gasteiger partial charge in [-0.25, -0.2) is 0 Å². The molecule has 0 amide bonds. The number of anilines is 2. The predicted octanol–water partition coefficient (Wildman–Crippen LogP) is 18.3. The van der Waals surface area contributed by atoms with Crippen LogP contribution in [-0.4, -0.2) is 4.57 Å². The zero-order valence-electron chi connectivity index (χ0n) is 38.0. The molecular formula is C66H46N2O. The maximum Gasteiger partial charge on any atom is 0.143 e. The van der Waals surface area contributed by atoms with Gasteiger partial charge in [0.05, 0.1) is 16.7 Å². The Kier molecular flexibility index (Phi) is 9.98. The average Bonchev–Trinajstić information content (AvgIpc) is 3.98. The predicted molar refractivity (Wildman–Crippen MR) is 290 cm³/mol. The number of benzene rings is 10. The first kappa shape index (κ1) is 40.4. The van der Waals surface area contributed by atoms with E-state index in [1.165, 1.54) is 72.0 Å². The van der Waals surface area contributed by atoms with E-state index in [4.69, 9.17) is 4.42 Å². The summed E-state index contributed by atoms with van der Waals surface area (Å²) in [5.74, 6) is 0. The van der Waals surface area contributed by atoms with Gasteiger partial charge in [-0.2, -0.15) is 0 Å². The molecule has 0 bridgehead atoms. The monoisotopic (exact) mass is 882 g/mol.